The molecular formula is C15H28N6. The molecule has 1 aliphatic heterocycles. The molecule has 6 nitrogen and oxygen atoms in total. The predicted octanol–water partition coefficient (Wildman–Crippen LogP) is 2.03. The van der Waals surface area contributed by atoms with Crippen LogP contribution in [-0.2, 0) is 0 Å². The van der Waals surface area contributed by atoms with Gasteiger partial charge >= 0.3 is 0 Å². The van der Waals surface area contributed by atoms with E-state index in [1.54, 1.807) is 6.33 Å². The van der Waals surface area contributed by atoms with Gasteiger partial charge < -0.3 is 15.6 Å². The number of nitrogens with one attached hydrogen (secondary N) is 2. The Morgan fingerprint density at radius 1 is 1.19 bits per heavy atom. The molecule has 1 aromatic rings. The van der Waals surface area contributed by atoms with Crippen LogP contribution in [0.5, 0.6) is 0 Å². The van der Waals surface area contributed by atoms with Gasteiger partial charge in [0.25, 0.3) is 0 Å². The summed E-state index contributed by atoms with van der Waals surface area (Å²) in [6, 6.07) is 0. The third-order valence-electron chi connectivity index (χ3n) is 3.98. The highest BCUT2D eigenvalue weighted by atomic mass is 15.3. The number of aromatic nitrogens is 2. The zero-order chi connectivity index (χ0) is 15.2. The summed E-state index contributed by atoms with van der Waals surface area (Å²) < 4.78 is 0. The molecule has 6 heteroatoms. The highest BCUT2D eigenvalue weighted by Gasteiger charge is 2.17. The Balaban J connectivity index is 1.95. The number of hydrogen-bond donors (Lipinski definition) is 3. The quantitative estimate of drug-likeness (QED) is 0.527. The average molecular weight is 292 g/mol. The van der Waals surface area contributed by atoms with E-state index in [-0.39, 0.29) is 0 Å². The van der Waals surface area contributed by atoms with Gasteiger partial charge in [-0.3, -0.25) is 0 Å². The Kier molecular flexibility index (Phi) is 5.76. The van der Waals surface area contributed by atoms with Crippen molar-refractivity contribution in [3.63, 3.8) is 0 Å². The molecule has 0 aromatic carbocycles. The lowest BCUT2D eigenvalue weighted by Gasteiger charge is -2.22. The molecule has 0 saturated carbocycles. The first-order chi connectivity index (χ1) is 10.1. The zero-order valence-electron chi connectivity index (χ0n) is 13.4. The van der Waals surface area contributed by atoms with E-state index in [2.05, 4.69) is 46.4 Å². The maximum absolute atomic E-state index is 5.55. The van der Waals surface area contributed by atoms with E-state index in [1.165, 1.54) is 25.9 Å². The minimum absolute atomic E-state index is 0.314. The van der Waals surface area contributed by atoms with E-state index in [1.807, 2.05) is 0 Å². The van der Waals surface area contributed by atoms with E-state index in [9.17, 15) is 0 Å². The van der Waals surface area contributed by atoms with Crippen LogP contribution in [0.3, 0.4) is 0 Å². The number of rotatable bonds is 7. The van der Waals surface area contributed by atoms with E-state index in [4.69, 9.17) is 5.84 Å². The summed E-state index contributed by atoms with van der Waals surface area (Å²) in [5.41, 5.74) is 3.71. The fourth-order valence-corrected chi connectivity index (χ4v) is 2.94. The van der Waals surface area contributed by atoms with Gasteiger partial charge in [0.1, 0.15) is 18.0 Å². The third-order valence-corrected chi connectivity index (χ3v) is 3.98. The molecule has 1 fully saturated rings. The SMILES string of the molecule is CC(CNc1ncnc(NN)c1C(C)C)CN1CCCC1. The lowest BCUT2D eigenvalue weighted by atomic mass is 10.0. The number of nitrogens with zero attached hydrogens (tertiary/aromatic N) is 3. The lowest BCUT2D eigenvalue weighted by molar-refractivity contribution is 0.294. The summed E-state index contributed by atoms with van der Waals surface area (Å²) in [5.74, 6) is 8.04. The Bertz CT molecular complexity index is 442. The van der Waals surface area contributed by atoms with Crippen LogP contribution in [0, 0.1) is 5.92 Å². The molecule has 21 heavy (non-hydrogen) atoms. The van der Waals surface area contributed by atoms with Gasteiger partial charge in [0.2, 0.25) is 0 Å². The molecular weight excluding hydrogens is 264 g/mol. The van der Waals surface area contributed by atoms with Crippen LogP contribution in [0.15, 0.2) is 6.33 Å². The minimum atomic E-state index is 0.314. The summed E-state index contributed by atoms with van der Waals surface area (Å²) in [6.45, 7) is 11.1. The van der Waals surface area contributed by atoms with Gasteiger partial charge in [-0.05, 0) is 37.8 Å². The van der Waals surface area contributed by atoms with Crippen LogP contribution in [0.2, 0.25) is 0 Å². The fourth-order valence-electron chi connectivity index (χ4n) is 2.94. The van der Waals surface area contributed by atoms with Crippen molar-refractivity contribution in [3.05, 3.63) is 11.9 Å². The monoisotopic (exact) mass is 292 g/mol. The molecule has 2 rings (SSSR count). The van der Waals surface area contributed by atoms with Crippen LogP contribution in [0.4, 0.5) is 11.6 Å². The van der Waals surface area contributed by atoms with Crippen molar-refractivity contribution in [1.82, 2.24) is 14.9 Å². The van der Waals surface area contributed by atoms with E-state index in [0.717, 1.165) is 24.5 Å². The first-order valence-electron chi connectivity index (χ1n) is 7.89. The Hall–Kier alpha value is -1.40. The highest BCUT2D eigenvalue weighted by molar-refractivity contribution is 5.58. The molecule has 1 atom stereocenters. The largest absolute Gasteiger partial charge is 0.369 e. The summed E-state index contributed by atoms with van der Waals surface area (Å²) in [6.07, 6.45) is 4.23. The molecule has 0 spiro atoms. The van der Waals surface area contributed by atoms with Crippen molar-refractivity contribution < 1.29 is 0 Å². The molecule has 1 unspecified atom stereocenters. The maximum Gasteiger partial charge on any atom is 0.148 e. The van der Waals surface area contributed by atoms with E-state index < -0.39 is 0 Å². The summed E-state index contributed by atoms with van der Waals surface area (Å²) in [4.78, 5) is 11.1. The van der Waals surface area contributed by atoms with Crippen molar-refractivity contribution in [2.24, 2.45) is 11.8 Å². The predicted molar refractivity (Wildman–Crippen MR) is 87.3 cm³/mol. The van der Waals surface area contributed by atoms with Crippen molar-refractivity contribution >= 4 is 11.6 Å². The summed E-state index contributed by atoms with van der Waals surface area (Å²) >= 11 is 0. The first kappa shape index (κ1) is 16.0. The van der Waals surface area contributed by atoms with Gasteiger partial charge in [-0.25, -0.2) is 15.8 Å². The second kappa shape index (κ2) is 7.56. The minimum Gasteiger partial charge on any atom is -0.369 e. The first-order valence-corrected chi connectivity index (χ1v) is 7.89. The van der Waals surface area contributed by atoms with Crippen molar-refractivity contribution in [2.75, 3.05) is 36.9 Å². The number of hydrazine groups is 1. The Labute approximate surface area is 127 Å². The van der Waals surface area contributed by atoms with Gasteiger partial charge in [0.05, 0.1) is 0 Å². The molecule has 0 bridgehead atoms. The molecule has 0 aliphatic carbocycles. The molecule has 0 radical (unpaired) electrons. The van der Waals surface area contributed by atoms with Gasteiger partial charge in [0.15, 0.2) is 0 Å². The number of nitrogen functional groups attached to an aromatic ring is 1. The highest BCUT2D eigenvalue weighted by Crippen LogP contribution is 2.27. The molecule has 1 aromatic heterocycles. The molecule has 4 N–H and O–H groups in total. The Morgan fingerprint density at radius 2 is 1.86 bits per heavy atom. The van der Waals surface area contributed by atoms with Crippen LogP contribution in [0.25, 0.3) is 0 Å². The zero-order valence-corrected chi connectivity index (χ0v) is 13.4. The van der Waals surface area contributed by atoms with Crippen LogP contribution in [0.1, 0.15) is 45.1 Å². The molecule has 2 heterocycles. The van der Waals surface area contributed by atoms with Crippen molar-refractivity contribution in [1.29, 1.82) is 0 Å². The van der Waals surface area contributed by atoms with Crippen molar-refractivity contribution in [2.45, 2.75) is 39.5 Å². The number of anilines is 2. The van der Waals surface area contributed by atoms with Gasteiger partial charge in [-0.15, -0.1) is 0 Å². The molecule has 0 amide bonds. The van der Waals surface area contributed by atoms with E-state index in [0.29, 0.717) is 17.7 Å². The normalized spacial score (nSPS) is 17.2. The van der Waals surface area contributed by atoms with Crippen molar-refractivity contribution in [3.8, 4) is 0 Å². The summed E-state index contributed by atoms with van der Waals surface area (Å²) in [7, 11) is 0. The van der Waals surface area contributed by atoms with Crippen LogP contribution < -0.4 is 16.6 Å². The van der Waals surface area contributed by atoms with Gasteiger partial charge in [-0.2, -0.15) is 0 Å². The summed E-state index contributed by atoms with van der Waals surface area (Å²) in [5, 5.41) is 3.47. The topological polar surface area (TPSA) is 79.1 Å². The maximum atomic E-state index is 5.55. The Morgan fingerprint density at radius 3 is 2.48 bits per heavy atom. The third kappa shape index (κ3) is 4.28. The number of likely N-dealkylation sites (tertiary alicyclic amines) is 1. The molecule has 118 valence electrons. The second-order valence-corrected chi connectivity index (χ2v) is 6.28. The van der Waals surface area contributed by atoms with E-state index >= 15 is 0 Å². The molecule has 1 aliphatic rings. The fraction of sp³-hybridized carbons (Fsp3) is 0.733. The number of hydrogen-bond acceptors (Lipinski definition) is 6. The number of nitrogens with two attached hydrogens (primary N) is 1. The van der Waals surface area contributed by atoms with Crippen LogP contribution >= 0.6 is 0 Å². The second-order valence-electron chi connectivity index (χ2n) is 6.28. The van der Waals surface area contributed by atoms with Crippen LogP contribution in [-0.4, -0.2) is 41.0 Å². The molecule has 1 saturated heterocycles. The van der Waals surface area contributed by atoms with Gasteiger partial charge in [0, 0.05) is 18.7 Å². The smallest absolute Gasteiger partial charge is 0.148 e. The lowest BCUT2D eigenvalue weighted by Crippen LogP contribution is -2.29. The average Bonchev–Trinajstić information content (AvgIpc) is 2.97. The van der Waals surface area contributed by atoms with Gasteiger partial charge in [-0.1, -0.05) is 20.8 Å². The standard InChI is InChI=1S/C15H28N6/c1-11(2)13-14(18-10-19-15(13)20-16)17-8-12(3)9-21-6-4-5-7-21/h10-12H,4-9,16H2,1-3H3,(H2,17,18,19,20).